The fraction of sp³-hybridized carbons (Fsp3) is 0.340. The van der Waals surface area contributed by atoms with Gasteiger partial charge in [0.2, 0.25) is 17.8 Å². The highest BCUT2D eigenvalue weighted by molar-refractivity contribution is 6.05. The van der Waals surface area contributed by atoms with Gasteiger partial charge in [0.05, 0.1) is 5.69 Å². The molecule has 0 saturated carbocycles. The van der Waals surface area contributed by atoms with Crippen molar-refractivity contribution in [2.24, 2.45) is 0 Å². The Hall–Kier alpha value is -7.19. The van der Waals surface area contributed by atoms with Gasteiger partial charge in [0, 0.05) is 99.0 Å². The normalized spacial score (nSPS) is 17.7. The second-order valence-electron chi connectivity index (χ2n) is 17.0. The molecule has 3 aromatic carbocycles. The number of amides is 5. The summed E-state index contributed by atoms with van der Waals surface area (Å²) in [6.45, 7) is 10.0. The highest BCUT2D eigenvalue weighted by Crippen LogP contribution is 2.27. The van der Waals surface area contributed by atoms with Gasteiger partial charge in [0.25, 0.3) is 5.91 Å². The average Bonchev–Trinajstić information content (AvgIpc) is 3.70. The molecule has 5 aromatic rings. The van der Waals surface area contributed by atoms with Crippen LogP contribution in [0.3, 0.4) is 0 Å². The summed E-state index contributed by atoms with van der Waals surface area (Å²) in [6, 6.07) is 25.3. The molecule has 4 N–H and O–H groups in total. The van der Waals surface area contributed by atoms with Crippen LogP contribution in [0.1, 0.15) is 54.1 Å². The van der Waals surface area contributed by atoms with Crippen LogP contribution in [0.15, 0.2) is 104 Å². The number of aromatic nitrogens is 3. The molecule has 0 radical (unpaired) electrons. The Labute approximate surface area is 384 Å². The summed E-state index contributed by atoms with van der Waals surface area (Å²) in [6.07, 6.45) is 7.08. The summed E-state index contributed by atoms with van der Waals surface area (Å²) in [4.78, 5) is 71.2. The van der Waals surface area contributed by atoms with Crippen molar-refractivity contribution >= 4 is 46.8 Å². The van der Waals surface area contributed by atoms with Crippen LogP contribution in [0.25, 0.3) is 11.3 Å². The lowest BCUT2D eigenvalue weighted by molar-refractivity contribution is -0.136. The molecule has 5 heterocycles. The molecule has 66 heavy (non-hydrogen) atoms. The molecule has 16 heteroatoms. The zero-order valence-corrected chi connectivity index (χ0v) is 37.2. The number of piperazine rings is 1. The molecule has 2 aromatic heterocycles. The molecule has 3 aliphatic heterocycles. The van der Waals surface area contributed by atoms with Gasteiger partial charge in [-0.25, -0.2) is 14.8 Å². The molecular weight excluding hydrogens is 837 g/mol. The fourth-order valence-corrected chi connectivity index (χ4v) is 8.33. The van der Waals surface area contributed by atoms with Crippen LogP contribution in [0.5, 0.6) is 5.75 Å². The standard InChI is InChI=1S/C50H54N10O6/c1-35-32-39(11-16-42(35)54-48-52-23-19-43(55-48)38-6-3-22-51-33-38)53-46(62)37-9-7-36(8-10-37)34-58-27-25-57(26-28-58)24-4-20-50(2,65)21-5-31-66-41-14-12-40(13-15-41)59-29-30-60(49(59)64)44-17-18-45(61)56-47(44)63/h3,6-16,19,22-23,32-33,44,65H,4,17-18,20,24-31,34H2,1-2H3,(H,53,62)(H,52,54,55)(H,56,61,63). The second-order valence-corrected chi connectivity index (χ2v) is 17.0. The number of piperidine rings is 1. The molecule has 16 nitrogen and oxygen atoms in total. The van der Waals surface area contributed by atoms with E-state index in [0.29, 0.717) is 54.6 Å². The molecule has 5 amide bonds. The van der Waals surface area contributed by atoms with Gasteiger partial charge in [-0.2, -0.15) is 0 Å². The Kier molecular flexibility index (Phi) is 14.3. The molecule has 2 atom stereocenters. The third-order valence-corrected chi connectivity index (χ3v) is 12.0. The zero-order valence-electron chi connectivity index (χ0n) is 37.2. The summed E-state index contributed by atoms with van der Waals surface area (Å²) in [5.74, 6) is 6.04. The first-order chi connectivity index (χ1) is 32.0. The van der Waals surface area contributed by atoms with E-state index in [9.17, 15) is 24.3 Å². The number of imide groups is 1. The van der Waals surface area contributed by atoms with Gasteiger partial charge in [-0.3, -0.25) is 34.5 Å². The van der Waals surface area contributed by atoms with Crippen molar-refractivity contribution in [3.05, 3.63) is 120 Å². The summed E-state index contributed by atoms with van der Waals surface area (Å²) < 4.78 is 5.79. The number of anilines is 4. The predicted molar refractivity (Wildman–Crippen MR) is 251 cm³/mol. The Bertz CT molecular complexity index is 2590. The minimum Gasteiger partial charge on any atom is -0.481 e. The van der Waals surface area contributed by atoms with Crippen LogP contribution >= 0.6 is 0 Å². The Balaban J connectivity index is 0.711. The number of ether oxygens (including phenoxy) is 1. The lowest BCUT2D eigenvalue weighted by Crippen LogP contribution is -2.53. The molecule has 3 saturated heterocycles. The van der Waals surface area contributed by atoms with E-state index < -0.39 is 17.6 Å². The summed E-state index contributed by atoms with van der Waals surface area (Å²) in [5, 5.41) is 19.6. The highest BCUT2D eigenvalue weighted by Gasteiger charge is 2.40. The maximum atomic E-state index is 13.2. The van der Waals surface area contributed by atoms with E-state index in [0.717, 1.165) is 73.8 Å². The van der Waals surface area contributed by atoms with Crippen molar-refractivity contribution in [1.29, 1.82) is 0 Å². The summed E-state index contributed by atoms with van der Waals surface area (Å²) in [5.41, 5.74) is 5.42. The molecule has 3 aliphatic rings. The van der Waals surface area contributed by atoms with Crippen LogP contribution in [0.4, 0.5) is 27.8 Å². The van der Waals surface area contributed by atoms with E-state index in [1.54, 1.807) is 54.7 Å². The Morgan fingerprint density at radius 2 is 1.73 bits per heavy atom. The van der Waals surface area contributed by atoms with Gasteiger partial charge in [-0.1, -0.05) is 24.0 Å². The molecule has 340 valence electrons. The van der Waals surface area contributed by atoms with Gasteiger partial charge in [-0.05, 0) is 124 Å². The molecule has 0 aliphatic carbocycles. The second kappa shape index (κ2) is 20.8. The number of urea groups is 1. The number of carbonyl (C=O) groups excluding carboxylic acids is 4. The lowest BCUT2D eigenvalue weighted by atomic mass is 10.0. The highest BCUT2D eigenvalue weighted by atomic mass is 16.5. The van der Waals surface area contributed by atoms with E-state index in [4.69, 9.17) is 4.74 Å². The number of nitrogens with zero attached hydrogens (tertiary/aromatic N) is 7. The van der Waals surface area contributed by atoms with Crippen molar-refractivity contribution in [3.8, 4) is 28.8 Å². The quantitative estimate of drug-likeness (QED) is 0.0753. The first kappa shape index (κ1) is 45.4. The third-order valence-electron chi connectivity index (χ3n) is 12.0. The van der Waals surface area contributed by atoms with E-state index in [2.05, 4.69) is 52.5 Å². The Morgan fingerprint density at radius 1 is 0.939 bits per heavy atom. The minimum absolute atomic E-state index is 0.105. The largest absolute Gasteiger partial charge is 0.481 e. The third kappa shape index (κ3) is 11.7. The molecule has 0 spiro atoms. The van der Waals surface area contributed by atoms with E-state index >= 15 is 0 Å². The van der Waals surface area contributed by atoms with Crippen molar-refractivity contribution in [3.63, 3.8) is 0 Å². The van der Waals surface area contributed by atoms with Gasteiger partial charge in [0.15, 0.2) is 0 Å². The molecule has 3 fully saturated rings. The number of hydrogen-bond donors (Lipinski definition) is 4. The van der Waals surface area contributed by atoms with Gasteiger partial charge in [-0.15, -0.1) is 0 Å². The van der Waals surface area contributed by atoms with Gasteiger partial charge in [0.1, 0.15) is 24.0 Å². The maximum absolute atomic E-state index is 13.2. The molecule has 0 bridgehead atoms. The summed E-state index contributed by atoms with van der Waals surface area (Å²) >= 11 is 0. The average molecular weight is 891 g/mol. The molecular formula is C50H54N10O6. The lowest BCUT2D eigenvalue weighted by Gasteiger charge is -2.35. The smallest absolute Gasteiger partial charge is 0.325 e. The SMILES string of the molecule is Cc1cc(NC(=O)c2ccc(CN3CCN(CCCC(C)(O)C#CCOc4ccc(N5CCN(C6CCC(=O)NC6=O)C5=O)cc4)CC3)cc2)ccc1Nc1nccc(-c2cccnc2)n1. The zero-order chi connectivity index (χ0) is 46.0. The number of rotatable bonds is 15. The van der Waals surface area contributed by atoms with Crippen molar-refractivity contribution < 1.29 is 29.0 Å². The number of carbonyl (C=O) groups is 4. The van der Waals surface area contributed by atoms with Crippen LogP contribution in [-0.4, -0.2) is 123 Å². The van der Waals surface area contributed by atoms with Crippen LogP contribution in [0, 0.1) is 18.8 Å². The van der Waals surface area contributed by atoms with Gasteiger partial charge >= 0.3 is 6.03 Å². The number of aliphatic hydroxyl groups is 1. The van der Waals surface area contributed by atoms with E-state index in [-0.39, 0.29) is 30.9 Å². The first-order valence-electron chi connectivity index (χ1n) is 22.3. The van der Waals surface area contributed by atoms with Crippen molar-refractivity contribution in [2.75, 3.05) is 68.0 Å². The number of nitrogens with one attached hydrogen (secondary N) is 3. The Morgan fingerprint density at radius 3 is 2.47 bits per heavy atom. The van der Waals surface area contributed by atoms with Crippen LogP contribution < -0.4 is 25.6 Å². The topological polar surface area (TPSA) is 185 Å². The first-order valence-corrected chi connectivity index (χ1v) is 22.3. The molecule has 2 unspecified atom stereocenters. The predicted octanol–water partition coefficient (Wildman–Crippen LogP) is 5.62. The number of hydrogen-bond acceptors (Lipinski definition) is 12. The van der Waals surface area contributed by atoms with E-state index in [1.807, 2.05) is 67.6 Å². The van der Waals surface area contributed by atoms with Crippen LogP contribution in [0.2, 0.25) is 0 Å². The van der Waals surface area contributed by atoms with E-state index in [1.165, 1.54) is 4.90 Å². The number of pyridine rings is 1. The number of benzene rings is 3. The fourth-order valence-electron chi connectivity index (χ4n) is 8.33. The van der Waals surface area contributed by atoms with Gasteiger partial charge < -0.3 is 30.3 Å². The monoisotopic (exact) mass is 890 g/mol. The van der Waals surface area contributed by atoms with Crippen molar-refractivity contribution in [2.45, 2.75) is 57.7 Å². The number of aryl methyl sites for hydroxylation is 1. The van der Waals surface area contributed by atoms with Crippen LogP contribution in [-0.2, 0) is 16.1 Å². The maximum Gasteiger partial charge on any atom is 0.325 e. The molecule has 8 rings (SSSR count). The summed E-state index contributed by atoms with van der Waals surface area (Å²) in [7, 11) is 0. The minimum atomic E-state index is -1.14. The van der Waals surface area contributed by atoms with Crippen molar-refractivity contribution in [1.82, 2.24) is 35.0 Å².